The molecule has 288 valence electrons. The Morgan fingerprint density at radius 3 is 2.09 bits per heavy atom. The maximum absolute atomic E-state index is 13.0. The zero-order valence-electron chi connectivity index (χ0n) is 31.4. The summed E-state index contributed by atoms with van der Waals surface area (Å²) in [6.45, 7) is 4.93. The van der Waals surface area contributed by atoms with Crippen molar-refractivity contribution < 1.29 is 29.3 Å². The van der Waals surface area contributed by atoms with E-state index in [1.54, 1.807) is 27.5 Å². The third kappa shape index (κ3) is 7.91. The zero-order valence-corrected chi connectivity index (χ0v) is 31.4. The fourth-order valence-electron chi connectivity index (χ4n) is 8.10. The number of imidazole rings is 1. The largest absolute Gasteiger partial charge is 0.497 e. The molecule has 54 heavy (non-hydrogen) atoms. The lowest BCUT2D eigenvalue weighted by molar-refractivity contribution is -0.122. The molecule has 7 rings (SSSR count). The van der Waals surface area contributed by atoms with Gasteiger partial charge in [0.05, 0.1) is 49.9 Å². The van der Waals surface area contributed by atoms with Gasteiger partial charge >= 0.3 is 6.03 Å². The SMILES string of the molecule is CCC(=O)N[C@H]1C[C@@H](n2cnc3c(NC(c4ccc(OC)cc4)c4ccc(OC)cc4)cc(N4CC[C@@H](NC(=O)N[C@@H]5CCN(C)C5)C4)cc32)[C@H](O)[C@@H]1O. The van der Waals surface area contributed by atoms with Gasteiger partial charge in [0.25, 0.3) is 0 Å². The van der Waals surface area contributed by atoms with E-state index in [1.165, 1.54) is 0 Å². The molecule has 1 aliphatic carbocycles. The number of hydrogen-bond donors (Lipinski definition) is 6. The second-order valence-electron chi connectivity index (χ2n) is 14.7. The number of fused-ring (bicyclic) bond motifs is 1. The summed E-state index contributed by atoms with van der Waals surface area (Å²) in [7, 11) is 5.35. The van der Waals surface area contributed by atoms with Gasteiger partial charge in [-0.25, -0.2) is 9.78 Å². The van der Waals surface area contributed by atoms with E-state index in [4.69, 9.17) is 14.5 Å². The van der Waals surface area contributed by atoms with Crippen LogP contribution in [0.4, 0.5) is 16.2 Å². The van der Waals surface area contributed by atoms with Crippen LogP contribution in [0.25, 0.3) is 11.0 Å². The van der Waals surface area contributed by atoms with Crippen molar-refractivity contribution in [3.05, 3.63) is 78.1 Å². The van der Waals surface area contributed by atoms with Gasteiger partial charge in [-0.05, 0) is 80.4 Å². The molecular formula is C40H52N8O6. The summed E-state index contributed by atoms with van der Waals surface area (Å²) in [5, 5.41) is 35.3. The molecule has 6 N–H and O–H groups in total. The number of aromatic nitrogens is 2. The number of carbonyl (C=O) groups excluding carboxylic acids is 2. The maximum atomic E-state index is 13.0. The number of urea groups is 1. The van der Waals surface area contributed by atoms with E-state index in [2.05, 4.69) is 50.2 Å². The van der Waals surface area contributed by atoms with Gasteiger partial charge < -0.3 is 55.3 Å². The molecule has 1 aromatic heterocycles. The highest BCUT2D eigenvalue weighted by Crippen LogP contribution is 2.39. The number of ether oxygens (including phenoxy) is 2. The molecule has 3 heterocycles. The van der Waals surface area contributed by atoms with Crippen LogP contribution in [-0.4, -0.2) is 114 Å². The van der Waals surface area contributed by atoms with Crippen LogP contribution in [0.5, 0.6) is 11.5 Å². The van der Waals surface area contributed by atoms with E-state index >= 15 is 0 Å². The molecule has 4 aromatic rings. The monoisotopic (exact) mass is 740 g/mol. The molecule has 2 saturated heterocycles. The number of hydrogen-bond acceptors (Lipinski definition) is 10. The van der Waals surface area contributed by atoms with Crippen LogP contribution in [0.3, 0.4) is 0 Å². The van der Waals surface area contributed by atoms with Crippen molar-refractivity contribution in [2.45, 2.75) is 75.0 Å². The van der Waals surface area contributed by atoms with Crippen molar-refractivity contribution in [3.63, 3.8) is 0 Å². The molecule has 3 aliphatic rings. The first-order valence-electron chi connectivity index (χ1n) is 18.8. The fourth-order valence-corrected chi connectivity index (χ4v) is 8.10. The van der Waals surface area contributed by atoms with Crippen molar-refractivity contribution in [3.8, 4) is 11.5 Å². The van der Waals surface area contributed by atoms with Crippen LogP contribution >= 0.6 is 0 Å². The summed E-state index contributed by atoms with van der Waals surface area (Å²) in [5.41, 5.74) is 5.20. The number of nitrogens with one attached hydrogen (secondary N) is 4. The molecule has 1 saturated carbocycles. The number of aliphatic hydroxyl groups excluding tert-OH is 2. The van der Waals surface area contributed by atoms with Crippen LogP contribution in [0.15, 0.2) is 67.0 Å². The number of carbonyl (C=O) groups is 2. The zero-order chi connectivity index (χ0) is 37.9. The van der Waals surface area contributed by atoms with Crippen molar-refractivity contribution >= 4 is 34.3 Å². The lowest BCUT2D eigenvalue weighted by atomic mass is 9.97. The summed E-state index contributed by atoms with van der Waals surface area (Å²) < 4.78 is 12.8. The minimum atomic E-state index is -1.13. The summed E-state index contributed by atoms with van der Waals surface area (Å²) in [5.74, 6) is 1.32. The molecular weight excluding hydrogens is 688 g/mol. The Morgan fingerprint density at radius 2 is 1.50 bits per heavy atom. The predicted molar refractivity (Wildman–Crippen MR) is 207 cm³/mol. The molecule has 6 atom stereocenters. The Labute approximate surface area is 315 Å². The van der Waals surface area contributed by atoms with Crippen molar-refractivity contribution in [2.75, 3.05) is 57.7 Å². The van der Waals surface area contributed by atoms with Gasteiger partial charge in [0, 0.05) is 43.8 Å². The Hall–Kier alpha value is -5.05. The summed E-state index contributed by atoms with van der Waals surface area (Å²) >= 11 is 0. The highest BCUT2D eigenvalue weighted by atomic mass is 16.5. The smallest absolute Gasteiger partial charge is 0.315 e. The van der Waals surface area contributed by atoms with E-state index in [-0.39, 0.29) is 36.5 Å². The average molecular weight is 741 g/mol. The third-order valence-electron chi connectivity index (χ3n) is 11.2. The first-order chi connectivity index (χ1) is 26.1. The quantitative estimate of drug-likeness (QED) is 0.127. The summed E-state index contributed by atoms with van der Waals surface area (Å²) in [6, 6.07) is 18.6. The first kappa shape index (κ1) is 37.3. The molecule has 0 spiro atoms. The molecule has 3 fully saturated rings. The van der Waals surface area contributed by atoms with Crippen LogP contribution in [0, 0.1) is 0 Å². The van der Waals surface area contributed by atoms with E-state index in [1.807, 2.05) is 53.1 Å². The molecule has 0 bridgehead atoms. The van der Waals surface area contributed by atoms with Crippen LogP contribution in [0.2, 0.25) is 0 Å². The lowest BCUT2D eigenvalue weighted by Gasteiger charge is -2.25. The van der Waals surface area contributed by atoms with E-state index < -0.39 is 24.3 Å². The number of methoxy groups -OCH3 is 2. The number of likely N-dealkylation sites (N-methyl/N-ethyl adjacent to an activating group) is 1. The summed E-state index contributed by atoms with van der Waals surface area (Å²) in [6.07, 6.45) is 1.81. The maximum Gasteiger partial charge on any atom is 0.315 e. The molecule has 0 unspecified atom stereocenters. The van der Waals surface area contributed by atoms with Crippen molar-refractivity contribution in [1.82, 2.24) is 30.4 Å². The number of amides is 3. The van der Waals surface area contributed by atoms with E-state index in [0.717, 1.165) is 72.0 Å². The molecule has 3 amide bonds. The number of anilines is 2. The van der Waals surface area contributed by atoms with Gasteiger partial charge in [-0.2, -0.15) is 0 Å². The topological polar surface area (TPSA) is 165 Å². The van der Waals surface area contributed by atoms with E-state index in [9.17, 15) is 19.8 Å². The Bertz CT molecular complexity index is 1870. The van der Waals surface area contributed by atoms with E-state index in [0.29, 0.717) is 18.5 Å². The minimum absolute atomic E-state index is 0.0396. The normalized spacial score (nSPS) is 24.2. The number of rotatable bonds is 12. The number of likely N-dealkylation sites (tertiary alicyclic amines) is 1. The van der Waals surface area contributed by atoms with Gasteiger partial charge in [-0.15, -0.1) is 0 Å². The standard InChI is InChI=1S/C40H52N8O6/c1-5-35(49)44-32-20-34(39(51)38(32)50)48-23-41-37-31(45-36(24-6-10-29(53-3)11-7-24)25-8-12-30(54-4)13-9-25)18-28(19-33(37)48)47-17-15-27(22-47)43-40(52)42-26-14-16-46(2)21-26/h6-13,18-19,23,26-27,32,34,36,38-39,45,50-51H,5,14-17,20-22H2,1-4H3,(H,44,49)(H2,42,43,52)/t26-,27-,32+,34-,38-,39+/m1/s1. The van der Waals surface area contributed by atoms with Crippen molar-refractivity contribution in [2.24, 2.45) is 0 Å². The third-order valence-corrected chi connectivity index (χ3v) is 11.2. The van der Waals surface area contributed by atoms with Crippen LogP contribution < -0.4 is 35.6 Å². The van der Waals surface area contributed by atoms with Crippen molar-refractivity contribution in [1.29, 1.82) is 0 Å². The van der Waals surface area contributed by atoms with Gasteiger partial charge in [-0.3, -0.25) is 4.79 Å². The van der Waals surface area contributed by atoms with Crippen LogP contribution in [0.1, 0.15) is 55.8 Å². The number of benzene rings is 3. The predicted octanol–water partition coefficient (Wildman–Crippen LogP) is 3.40. The van der Waals surface area contributed by atoms with Gasteiger partial charge in [0.15, 0.2) is 0 Å². The highest BCUT2D eigenvalue weighted by molar-refractivity contribution is 5.93. The molecule has 0 radical (unpaired) electrons. The average Bonchev–Trinajstić information content (AvgIpc) is 3.99. The number of aliphatic hydroxyl groups is 2. The number of nitrogens with zero attached hydrogens (tertiary/aromatic N) is 4. The molecule has 14 nitrogen and oxygen atoms in total. The molecule has 2 aliphatic heterocycles. The Balaban J connectivity index is 1.23. The fraction of sp³-hybridized carbons (Fsp3) is 0.475. The Morgan fingerprint density at radius 1 is 0.870 bits per heavy atom. The molecule has 3 aromatic carbocycles. The minimum Gasteiger partial charge on any atom is -0.497 e. The second kappa shape index (κ2) is 16.1. The highest BCUT2D eigenvalue weighted by Gasteiger charge is 2.43. The van der Waals surface area contributed by atoms with Gasteiger partial charge in [0.1, 0.15) is 29.2 Å². The second-order valence-corrected chi connectivity index (χ2v) is 14.7. The first-order valence-corrected chi connectivity index (χ1v) is 18.8. The van der Waals surface area contributed by atoms with Gasteiger partial charge in [-0.1, -0.05) is 31.2 Å². The van der Waals surface area contributed by atoms with Crippen LogP contribution in [-0.2, 0) is 4.79 Å². The summed E-state index contributed by atoms with van der Waals surface area (Å²) in [4.78, 5) is 34.6. The molecule has 14 heteroatoms. The van der Waals surface area contributed by atoms with Gasteiger partial charge in [0.2, 0.25) is 5.91 Å². The lowest BCUT2D eigenvalue weighted by Crippen LogP contribution is -2.47. The Kier molecular flexibility index (Phi) is 11.1.